The number of hydrogen-bond acceptors (Lipinski definition) is 2. The van der Waals surface area contributed by atoms with Gasteiger partial charge in [0.25, 0.3) is 0 Å². The molecule has 102 valence electrons. The molecule has 1 saturated carbocycles. The third-order valence-corrected chi connectivity index (χ3v) is 4.45. The van der Waals surface area contributed by atoms with Crippen LogP contribution >= 0.6 is 0 Å². The quantitative estimate of drug-likeness (QED) is 0.872. The van der Waals surface area contributed by atoms with E-state index in [0.29, 0.717) is 18.5 Å². The first-order valence-corrected chi connectivity index (χ1v) is 7.39. The Morgan fingerprint density at radius 3 is 2.37 bits per heavy atom. The lowest BCUT2D eigenvalue weighted by Crippen LogP contribution is -2.41. The van der Waals surface area contributed by atoms with Crippen molar-refractivity contribution in [3.8, 4) is 0 Å². The molecule has 2 aliphatic rings. The van der Waals surface area contributed by atoms with E-state index in [1.165, 1.54) is 31.2 Å². The molecule has 2 fully saturated rings. The average Bonchev–Trinajstić information content (AvgIpc) is 2.86. The number of rotatable bonds is 3. The van der Waals surface area contributed by atoms with Crippen LogP contribution in [0.5, 0.6) is 0 Å². The molecule has 1 heterocycles. The first kappa shape index (κ1) is 12.7. The van der Waals surface area contributed by atoms with Crippen LogP contribution in [0, 0.1) is 0 Å². The molecule has 0 spiro atoms. The Hall–Kier alpha value is -1.35. The molecule has 3 heteroatoms. The molecule has 1 aromatic rings. The lowest BCUT2D eigenvalue weighted by Gasteiger charge is -2.31. The van der Waals surface area contributed by atoms with E-state index in [4.69, 9.17) is 0 Å². The number of amides is 1. The van der Waals surface area contributed by atoms with Crippen LogP contribution in [0.2, 0.25) is 0 Å². The van der Waals surface area contributed by atoms with Gasteiger partial charge in [0.1, 0.15) is 0 Å². The summed E-state index contributed by atoms with van der Waals surface area (Å²) >= 11 is 0. The van der Waals surface area contributed by atoms with Crippen LogP contribution in [0.1, 0.15) is 43.6 Å². The van der Waals surface area contributed by atoms with Gasteiger partial charge in [0.15, 0.2) is 0 Å². The maximum Gasteiger partial charge on any atom is 0.221 e. The lowest BCUT2D eigenvalue weighted by atomic mass is 9.81. The molecule has 3 nitrogen and oxygen atoms in total. The van der Waals surface area contributed by atoms with Crippen molar-refractivity contribution in [2.75, 3.05) is 6.54 Å². The van der Waals surface area contributed by atoms with Crippen molar-refractivity contribution < 1.29 is 4.79 Å². The minimum Gasteiger partial charge on any atom is -0.354 e. The van der Waals surface area contributed by atoms with E-state index in [-0.39, 0.29) is 5.91 Å². The third-order valence-electron chi connectivity index (χ3n) is 4.45. The molecule has 3 rings (SSSR count). The average molecular weight is 258 g/mol. The van der Waals surface area contributed by atoms with Crippen LogP contribution in [0.3, 0.4) is 0 Å². The second kappa shape index (κ2) is 5.74. The zero-order valence-electron chi connectivity index (χ0n) is 11.3. The van der Waals surface area contributed by atoms with E-state index in [2.05, 4.69) is 41.0 Å². The largest absolute Gasteiger partial charge is 0.354 e. The van der Waals surface area contributed by atoms with Gasteiger partial charge in [-0.3, -0.25) is 4.79 Å². The molecule has 1 amide bonds. The van der Waals surface area contributed by atoms with E-state index in [1.54, 1.807) is 0 Å². The fourth-order valence-corrected chi connectivity index (χ4v) is 3.37. The maximum absolute atomic E-state index is 11.2. The number of carbonyl (C=O) groups is 1. The highest BCUT2D eigenvalue weighted by atomic mass is 16.1. The summed E-state index contributed by atoms with van der Waals surface area (Å²) < 4.78 is 0. The van der Waals surface area contributed by atoms with Crippen LogP contribution < -0.4 is 10.6 Å². The Morgan fingerprint density at radius 1 is 1.00 bits per heavy atom. The minimum absolute atomic E-state index is 0.190. The van der Waals surface area contributed by atoms with E-state index in [0.717, 1.165) is 12.5 Å². The molecule has 2 N–H and O–H groups in total. The van der Waals surface area contributed by atoms with Crippen molar-refractivity contribution in [3.63, 3.8) is 0 Å². The highest BCUT2D eigenvalue weighted by Gasteiger charge is 2.27. The second-order valence-corrected chi connectivity index (χ2v) is 5.83. The third kappa shape index (κ3) is 3.16. The SMILES string of the molecule is O=C1CC(NC2CCC(c3ccccc3)CC2)CN1. The molecule has 19 heavy (non-hydrogen) atoms. The summed E-state index contributed by atoms with van der Waals surface area (Å²) in [6.07, 6.45) is 5.62. The van der Waals surface area contributed by atoms with Gasteiger partial charge in [0.2, 0.25) is 5.91 Å². The van der Waals surface area contributed by atoms with Crippen molar-refractivity contribution in [1.82, 2.24) is 10.6 Å². The van der Waals surface area contributed by atoms with Crippen molar-refractivity contribution in [2.24, 2.45) is 0 Å². The highest BCUT2D eigenvalue weighted by molar-refractivity contribution is 5.78. The van der Waals surface area contributed by atoms with Gasteiger partial charge in [-0.05, 0) is 37.2 Å². The van der Waals surface area contributed by atoms with E-state index in [1.807, 2.05) is 0 Å². The molecule has 1 aromatic carbocycles. The number of carbonyl (C=O) groups excluding carboxylic acids is 1. The van der Waals surface area contributed by atoms with Crippen LogP contribution in [0.15, 0.2) is 30.3 Å². The fraction of sp³-hybridized carbons (Fsp3) is 0.562. The van der Waals surface area contributed by atoms with Crippen molar-refractivity contribution in [2.45, 2.75) is 50.1 Å². The fourth-order valence-electron chi connectivity index (χ4n) is 3.37. The van der Waals surface area contributed by atoms with Gasteiger partial charge in [0, 0.05) is 25.0 Å². The molecule has 1 saturated heterocycles. The topological polar surface area (TPSA) is 41.1 Å². The summed E-state index contributed by atoms with van der Waals surface area (Å²) in [5.41, 5.74) is 1.48. The van der Waals surface area contributed by atoms with Crippen molar-refractivity contribution in [1.29, 1.82) is 0 Å². The molecule has 0 radical (unpaired) electrons. The molecule has 0 aromatic heterocycles. The minimum atomic E-state index is 0.190. The molecular formula is C16H22N2O. The molecular weight excluding hydrogens is 236 g/mol. The maximum atomic E-state index is 11.2. The molecule has 1 unspecified atom stereocenters. The number of benzene rings is 1. The van der Waals surface area contributed by atoms with E-state index in [9.17, 15) is 4.79 Å². The smallest absolute Gasteiger partial charge is 0.221 e. The van der Waals surface area contributed by atoms with Gasteiger partial charge in [-0.25, -0.2) is 0 Å². The summed E-state index contributed by atoms with van der Waals surface area (Å²) in [5.74, 6) is 0.915. The summed E-state index contributed by atoms with van der Waals surface area (Å²) in [6, 6.07) is 11.8. The monoisotopic (exact) mass is 258 g/mol. The number of nitrogens with one attached hydrogen (secondary N) is 2. The predicted octanol–water partition coefficient (Wildman–Crippen LogP) is 2.19. The van der Waals surface area contributed by atoms with Crippen LogP contribution in [0.4, 0.5) is 0 Å². The van der Waals surface area contributed by atoms with Gasteiger partial charge in [-0.1, -0.05) is 30.3 Å². The molecule has 1 atom stereocenters. The Balaban J connectivity index is 1.48. The normalized spacial score (nSPS) is 31.2. The van der Waals surface area contributed by atoms with Gasteiger partial charge in [0.05, 0.1) is 0 Å². The van der Waals surface area contributed by atoms with Gasteiger partial charge in [-0.2, -0.15) is 0 Å². The highest BCUT2D eigenvalue weighted by Crippen LogP contribution is 2.32. The molecule has 0 bridgehead atoms. The van der Waals surface area contributed by atoms with E-state index >= 15 is 0 Å². The Kier molecular flexibility index (Phi) is 3.83. The Labute approximate surface area is 114 Å². The predicted molar refractivity (Wildman–Crippen MR) is 76.0 cm³/mol. The Bertz CT molecular complexity index is 424. The first-order valence-electron chi connectivity index (χ1n) is 7.39. The van der Waals surface area contributed by atoms with Crippen LogP contribution in [-0.2, 0) is 4.79 Å². The molecule has 1 aliphatic heterocycles. The zero-order chi connectivity index (χ0) is 13.1. The van der Waals surface area contributed by atoms with E-state index < -0.39 is 0 Å². The van der Waals surface area contributed by atoms with Gasteiger partial charge in [-0.15, -0.1) is 0 Å². The van der Waals surface area contributed by atoms with Crippen LogP contribution in [-0.4, -0.2) is 24.5 Å². The van der Waals surface area contributed by atoms with Gasteiger partial charge < -0.3 is 10.6 Å². The second-order valence-electron chi connectivity index (χ2n) is 5.83. The number of hydrogen-bond donors (Lipinski definition) is 2. The van der Waals surface area contributed by atoms with Crippen molar-refractivity contribution >= 4 is 5.91 Å². The molecule has 1 aliphatic carbocycles. The summed E-state index contributed by atoms with van der Waals surface area (Å²) in [4.78, 5) is 11.2. The zero-order valence-corrected chi connectivity index (χ0v) is 11.3. The standard InChI is InChI=1S/C16H22N2O/c19-16-10-15(11-17-16)18-14-8-6-13(7-9-14)12-4-2-1-3-5-12/h1-5,13-15,18H,6-11H2,(H,17,19). The Morgan fingerprint density at radius 2 is 1.74 bits per heavy atom. The summed E-state index contributed by atoms with van der Waals surface area (Å²) in [6.45, 7) is 0.803. The first-order chi connectivity index (χ1) is 9.31. The lowest BCUT2D eigenvalue weighted by molar-refractivity contribution is -0.119. The van der Waals surface area contributed by atoms with Gasteiger partial charge >= 0.3 is 0 Å². The summed E-state index contributed by atoms with van der Waals surface area (Å²) in [7, 11) is 0. The van der Waals surface area contributed by atoms with Crippen molar-refractivity contribution in [3.05, 3.63) is 35.9 Å². The van der Waals surface area contributed by atoms with Crippen LogP contribution in [0.25, 0.3) is 0 Å². The summed E-state index contributed by atoms with van der Waals surface area (Å²) in [5, 5.41) is 6.53.